The third-order valence-corrected chi connectivity index (χ3v) is 3.01. The van der Waals surface area contributed by atoms with Crippen molar-refractivity contribution in [2.24, 2.45) is 0 Å². The summed E-state index contributed by atoms with van der Waals surface area (Å²) in [6.07, 6.45) is 0.679. The molecule has 18 heavy (non-hydrogen) atoms. The number of ether oxygens (including phenoxy) is 1. The van der Waals surface area contributed by atoms with Crippen LogP contribution in [0.25, 0.3) is 0 Å². The molecule has 0 aliphatic heterocycles. The van der Waals surface area contributed by atoms with Crippen molar-refractivity contribution in [2.75, 3.05) is 13.7 Å². The van der Waals surface area contributed by atoms with Gasteiger partial charge in [-0.2, -0.15) is 0 Å². The molecule has 4 nitrogen and oxygen atoms in total. The monoisotopic (exact) mass is 251 g/mol. The fourth-order valence-corrected chi connectivity index (χ4v) is 1.58. The number of hydrogen-bond acceptors (Lipinski definition) is 4. The lowest BCUT2D eigenvalue weighted by molar-refractivity contribution is 0.0555. The maximum Gasteiger partial charge on any atom is 0.338 e. The van der Waals surface area contributed by atoms with E-state index in [2.05, 4.69) is 5.32 Å². The van der Waals surface area contributed by atoms with E-state index in [9.17, 15) is 9.90 Å². The number of carbonyl (C=O) groups excluding carboxylic acids is 1. The van der Waals surface area contributed by atoms with Gasteiger partial charge in [0.05, 0.1) is 18.3 Å². The fourth-order valence-electron chi connectivity index (χ4n) is 1.58. The van der Waals surface area contributed by atoms with Gasteiger partial charge in [-0.25, -0.2) is 4.79 Å². The van der Waals surface area contributed by atoms with E-state index in [1.807, 2.05) is 19.1 Å². The van der Waals surface area contributed by atoms with Gasteiger partial charge in [0.25, 0.3) is 0 Å². The lowest BCUT2D eigenvalue weighted by atomic mass is 10.0. The van der Waals surface area contributed by atoms with E-state index in [0.717, 1.165) is 5.56 Å². The van der Waals surface area contributed by atoms with E-state index < -0.39 is 5.60 Å². The molecule has 0 spiro atoms. The van der Waals surface area contributed by atoms with E-state index in [-0.39, 0.29) is 5.97 Å². The Balaban J connectivity index is 2.65. The Morgan fingerprint density at radius 1 is 1.44 bits per heavy atom. The van der Waals surface area contributed by atoms with E-state index in [0.29, 0.717) is 25.1 Å². The quantitative estimate of drug-likeness (QED) is 0.756. The largest absolute Gasteiger partial charge is 0.465 e. The molecule has 1 rings (SSSR count). The SMILES string of the molecule is CCC(C)(O)CNCc1ccccc1C(=O)OC. The van der Waals surface area contributed by atoms with E-state index in [1.165, 1.54) is 7.11 Å². The van der Waals surface area contributed by atoms with Crippen LogP contribution in [0.1, 0.15) is 36.2 Å². The van der Waals surface area contributed by atoms with Gasteiger partial charge in [0.15, 0.2) is 0 Å². The van der Waals surface area contributed by atoms with Crippen LogP contribution in [0.4, 0.5) is 0 Å². The summed E-state index contributed by atoms with van der Waals surface area (Å²) < 4.78 is 4.73. The second-order valence-electron chi connectivity index (χ2n) is 4.60. The molecule has 1 aromatic rings. The summed E-state index contributed by atoms with van der Waals surface area (Å²) in [5.74, 6) is -0.338. The van der Waals surface area contributed by atoms with Crippen molar-refractivity contribution < 1.29 is 14.6 Å². The predicted molar refractivity (Wildman–Crippen MR) is 70.4 cm³/mol. The van der Waals surface area contributed by atoms with E-state index >= 15 is 0 Å². The summed E-state index contributed by atoms with van der Waals surface area (Å²) in [5.41, 5.74) is 0.708. The topological polar surface area (TPSA) is 58.6 Å². The number of methoxy groups -OCH3 is 1. The maximum atomic E-state index is 11.6. The fraction of sp³-hybridized carbons (Fsp3) is 0.500. The van der Waals surface area contributed by atoms with Crippen LogP contribution < -0.4 is 5.32 Å². The molecule has 0 fully saturated rings. The van der Waals surface area contributed by atoms with Crippen molar-refractivity contribution in [1.29, 1.82) is 0 Å². The highest BCUT2D eigenvalue weighted by Gasteiger charge is 2.17. The Bertz CT molecular complexity index is 402. The number of hydrogen-bond donors (Lipinski definition) is 2. The summed E-state index contributed by atoms with van der Waals surface area (Å²) in [5, 5.41) is 13.0. The summed E-state index contributed by atoms with van der Waals surface area (Å²) in [6.45, 7) is 4.73. The van der Waals surface area contributed by atoms with Crippen LogP contribution in [0.3, 0.4) is 0 Å². The van der Waals surface area contributed by atoms with Crippen molar-refractivity contribution in [3.8, 4) is 0 Å². The Labute approximate surface area is 108 Å². The van der Waals surface area contributed by atoms with Gasteiger partial charge < -0.3 is 15.2 Å². The number of carbonyl (C=O) groups is 1. The molecule has 4 heteroatoms. The van der Waals surface area contributed by atoms with Crippen molar-refractivity contribution in [3.63, 3.8) is 0 Å². The zero-order chi connectivity index (χ0) is 13.6. The lowest BCUT2D eigenvalue weighted by Crippen LogP contribution is -2.37. The van der Waals surface area contributed by atoms with Gasteiger partial charge in [0, 0.05) is 13.1 Å². The smallest absolute Gasteiger partial charge is 0.338 e. The lowest BCUT2D eigenvalue weighted by Gasteiger charge is -2.22. The normalized spacial score (nSPS) is 14.0. The molecule has 0 aliphatic carbocycles. The van der Waals surface area contributed by atoms with Crippen LogP contribution in [-0.4, -0.2) is 30.3 Å². The zero-order valence-electron chi connectivity index (χ0n) is 11.2. The average molecular weight is 251 g/mol. The minimum absolute atomic E-state index is 0.338. The molecule has 100 valence electrons. The standard InChI is InChI=1S/C14H21NO3/c1-4-14(2,17)10-15-9-11-7-5-6-8-12(11)13(16)18-3/h5-8,15,17H,4,9-10H2,1-3H3. The first-order chi connectivity index (χ1) is 8.50. The summed E-state index contributed by atoms with van der Waals surface area (Å²) in [4.78, 5) is 11.6. The average Bonchev–Trinajstić information content (AvgIpc) is 2.38. The molecule has 0 aliphatic rings. The zero-order valence-corrected chi connectivity index (χ0v) is 11.2. The third kappa shape index (κ3) is 4.13. The molecule has 0 bridgehead atoms. The number of rotatable bonds is 6. The molecule has 1 atom stereocenters. The molecule has 1 unspecified atom stereocenters. The molecule has 0 saturated heterocycles. The highest BCUT2D eigenvalue weighted by atomic mass is 16.5. The molecule has 0 aromatic heterocycles. The second kappa shape index (κ2) is 6.52. The van der Waals surface area contributed by atoms with E-state index in [1.54, 1.807) is 19.1 Å². The minimum Gasteiger partial charge on any atom is -0.465 e. The summed E-state index contributed by atoms with van der Waals surface area (Å²) in [6, 6.07) is 7.29. The van der Waals surface area contributed by atoms with Gasteiger partial charge in [0.1, 0.15) is 0 Å². The van der Waals surface area contributed by atoms with Gasteiger partial charge >= 0.3 is 5.97 Å². The molecule has 0 heterocycles. The van der Waals surface area contributed by atoms with Crippen molar-refractivity contribution in [2.45, 2.75) is 32.4 Å². The molecule has 1 aromatic carbocycles. The Morgan fingerprint density at radius 2 is 2.11 bits per heavy atom. The molecule has 0 saturated carbocycles. The van der Waals surface area contributed by atoms with Crippen molar-refractivity contribution in [3.05, 3.63) is 35.4 Å². The maximum absolute atomic E-state index is 11.6. The number of benzene rings is 1. The number of nitrogens with one attached hydrogen (secondary N) is 1. The van der Waals surface area contributed by atoms with Gasteiger partial charge in [-0.1, -0.05) is 25.1 Å². The van der Waals surface area contributed by atoms with Crippen LogP contribution in [0.2, 0.25) is 0 Å². The first-order valence-corrected chi connectivity index (χ1v) is 6.09. The van der Waals surface area contributed by atoms with Crippen LogP contribution in [0.15, 0.2) is 24.3 Å². The van der Waals surface area contributed by atoms with Crippen LogP contribution in [0, 0.1) is 0 Å². The van der Waals surface area contributed by atoms with Gasteiger partial charge in [0.2, 0.25) is 0 Å². The Kier molecular flexibility index (Phi) is 5.31. The van der Waals surface area contributed by atoms with Crippen LogP contribution >= 0.6 is 0 Å². The first-order valence-electron chi connectivity index (χ1n) is 6.09. The highest BCUT2D eigenvalue weighted by Crippen LogP contribution is 2.11. The second-order valence-corrected chi connectivity index (χ2v) is 4.60. The third-order valence-electron chi connectivity index (χ3n) is 3.01. The first kappa shape index (κ1) is 14.7. The van der Waals surface area contributed by atoms with Crippen LogP contribution in [0.5, 0.6) is 0 Å². The predicted octanol–water partition coefficient (Wildman–Crippen LogP) is 1.72. The Morgan fingerprint density at radius 3 is 2.72 bits per heavy atom. The summed E-state index contributed by atoms with van der Waals surface area (Å²) >= 11 is 0. The van der Waals surface area contributed by atoms with Crippen molar-refractivity contribution in [1.82, 2.24) is 5.32 Å². The Hall–Kier alpha value is -1.39. The number of esters is 1. The molecular formula is C14H21NO3. The summed E-state index contributed by atoms with van der Waals surface area (Å²) in [7, 11) is 1.37. The minimum atomic E-state index is -0.722. The molecule has 0 radical (unpaired) electrons. The number of aliphatic hydroxyl groups is 1. The molecule has 0 amide bonds. The van der Waals surface area contributed by atoms with Gasteiger partial charge in [-0.15, -0.1) is 0 Å². The van der Waals surface area contributed by atoms with Gasteiger partial charge in [-0.3, -0.25) is 0 Å². The van der Waals surface area contributed by atoms with Crippen molar-refractivity contribution >= 4 is 5.97 Å². The van der Waals surface area contributed by atoms with Crippen LogP contribution in [-0.2, 0) is 11.3 Å². The molecule has 2 N–H and O–H groups in total. The van der Waals surface area contributed by atoms with E-state index in [4.69, 9.17) is 4.74 Å². The highest BCUT2D eigenvalue weighted by molar-refractivity contribution is 5.90. The molecular weight excluding hydrogens is 230 g/mol. The van der Waals surface area contributed by atoms with Gasteiger partial charge in [-0.05, 0) is 25.0 Å².